The van der Waals surface area contributed by atoms with Crippen molar-refractivity contribution in [3.63, 3.8) is 0 Å². The number of nitrogens with one attached hydrogen (secondary N) is 1. The van der Waals surface area contributed by atoms with Crippen LogP contribution in [0.1, 0.15) is 17.2 Å². The minimum Gasteiger partial charge on any atom is -0.383 e. The van der Waals surface area contributed by atoms with Crippen molar-refractivity contribution >= 4 is 10.9 Å². The summed E-state index contributed by atoms with van der Waals surface area (Å²) in [6, 6.07) is 10.5. The van der Waals surface area contributed by atoms with Gasteiger partial charge in [0.1, 0.15) is 17.7 Å². The van der Waals surface area contributed by atoms with E-state index in [2.05, 4.69) is 4.98 Å². The molecule has 0 bridgehead atoms. The van der Waals surface area contributed by atoms with Crippen LogP contribution >= 0.6 is 0 Å². The van der Waals surface area contributed by atoms with E-state index >= 15 is 0 Å². The lowest BCUT2D eigenvalue weighted by atomic mass is 9.99. The monoisotopic (exact) mass is 259 g/mol. The Morgan fingerprint density at radius 2 is 1.74 bits per heavy atom. The second-order valence-corrected chi connectivity index (χ2v) is 4.36. The minimum absolute atomic E-state index is 0.322. The van der Waals surface area contributed by atoms with Crippen LogP contribution < -0.4 is 0 Å². The maximum Gasteiger partial charge on any atom is 0.132 e. The Balaban J connectivity index is 2.10. The highest BCUT2D eigenvalue weighted by Crippen LogP contribution is 2.28. The SMILES string of the molecule is OC(c1ccc2[nH]ccc2c1)c1c(F)cccc1F. The predicted octanol–water partition coefficient (Wildman–Crippen LogP) is 3.53. The molecular weight excluding hydrogens is 248 g/mol. The lowest BCUT2D eigenvalue weighted by Crippen LogP contribution is -2.05. The third-order valence-electron chi connectivity index (χ3n) is 3.17. The van der Waals surface area contributed by atoms with Gasteiger partial charge in [0.25, 0.3) is 0 Å². The number of halogens is 2. The summed E-state index contributed by atoms with van der Waals surface area (Å²) in [5, 5.41) is 11.0. The highest BCUT2D eigenvalue weighted by atomic mass is 19.1. The first kappa shape index (κ1) is 11.9. The second kappa shape index (κ2) is 4.48. The fourth-order valence-corrected chi connectivity index (χ4v) is 2.18. The van der Waals surface area contributed by atoms with Gasteiger partial charge < -0.3 is 10.1 Å². The molecule has 19 heavy (non-hydrogen) atoms. The lowest BCUT2D eigenvalue weighted by Gasteiger charge is -2.13. The molecule has 0 aliphatic carbocycles. The number of benzene rings is 2. The van der Waals surface area contributed by atoms with Gasteiger partial charge in [-0.2, -0.15) is 0 Å². The summed E-state index contributed by atoms with van der Waals surface area (Å²) in [7, 11) is 0. The molecule has 0 radical (unpaired) electrons. The second-order valence-electron chi connectivity index (χ2n) is 4.36. The van der Waals surface area contributed by atoms with Crippen LogP contribution in [0.25, 0.3) is 10.9 Å². The zero-order chi connectivity index (χ0) is 13.4. The molecule has 96 valence electrons. The van der Waals surface area contributed by atoms with Gasteiger partial charge >= 0.3 is 0 Å². The number of H-pyrrole nitrogens is 1. The van der Waals surface area contributed by atoms with Crippen LogP contribution in [0.5, 0.6) is 0 Å². The first-order valence-electron chi connectivity index (χ1n) is 5.86. The van der Waals surface area contributed by atoms with Crippen LogP contribution in [0.3, 0.4) is 0 Å². The summed E-state index contributed by atoms with van der Waals surface area (Å²) in [5.74, 6) is -1.50. The van der Waals surface area contributed by atoms with Crippen molar-refractivity contribution < 1.29 is 13.9 Å². The van der Waals surface area contributed by atoms with Crippen molar-refractivity contribution in [2.45, 2.75) is 6.10 Å². The molecule has 0 spiro atoms. The van der Waals surface area contributed by atoms with E-state index in [1.165, 1.54) is 6.07 Å². The summed E-state index contributed by atoms with van der Waals surface area (Å²) >= 11 is 0. The number of aliphatic hydroxyl groups excluding tert-OH is 1. The molecule has 3 aromatic rings. The Morgan fingerprint density at radius 3 is 2.47 bits per heavy atom. The van der Waals surface area contributed by atoms with Crippen LogP contribution in [-0.4, -0.2) is 10.1 Å². The van der Waals surface area contributed by atoms with Crippen LogP contribution in [-0.2, 0) is 0 Å². The Kier molecular flexibility index (Phi) is 2.80. The summed E-state index contributed by atoms with van der Waals surface area (Å²) in [5.41, 5.74) is 1.04. The van der Waals surface area contributed by atoms with Gasteiger partial charge in [0.05, 0.1) is 5.56 Å². The average molecular weight is 259 g/mol. The van der Waals surface area contributed by atoms with Gasteiger partial charge in [0.15, 0.2) is 0 Å². The minimum atomic E-state index is -1.32. The number of hydrogen-bond acceptors (Lipinski definition) is 1. The molecular formula is C15H11F2NO. The Morgan fingerprint density at radius 1 is 1.00 bits per heavy atom. The number of rotatable bonds is 2. The first-order valence-corrected chi connectivity index (χ1v) is 5.86. The van der Waals surface area contributed by atoms with E-state index in [0.717, 1.165) is 23.0 Å². The Labute approximate surface area is 108 Å². The van der Waals surface area contributed by atoms with E-state index in [4.69, 9.17) is 0 Å². The third-order valence-corrected chi connectivity index (χ3v) is 3.17. The number of aromatic amines is 1. The maximum absolute atomic E-state index is 13.6. The van der Waals surface area contributed by atoms with E-state index in [1.807, 2.05) is 6.07 Å². The Bertz CT molecular complexity index is 716. The lowest BCUT2D eigenvalue weighted by molar-refractivity contribution is 0.209. The highest BCUT2D eigenvalue weighted by molar-refractivity contribution is 5.80. The van der Waals surface area contributed by atoms with Crippen LogP contribution in [0.4, 0.5) is 8.78 Å². The van der Waals surface area contributed by atoms with E-state index in [1.54, 1.807) is 24.4 Å². The van der Waals surface area contributed by atoms with E-state index in [9.17, 15) is 13.9 Å². The number of aliphatic hydroxyl groups is 1. The van der Waals surface area contributed by atoms with Gasteiger partial charge in [-0.3, -0.25) is 0 Å². The van der Waals surface area contributed by atoms with Crippen LogP contribution in [0, 0.1) is 11.6 Å². The van der Waals surface area contributed by atoms with E-state index < -0.39 is 17.7 Å². The largest absolute Gasteiger partial charge is 0.383 e. The number of hydrogen-bond donors (Lipinski definition) is 2. The van der Waals surface area contributed by atoms with Crippen molar-refractivity contribution in [2.75, 3.05) is 0 Å². The molecule has 0 saturated heterocycles. The maximum atomic E-state index is 13.6. The molecule has 1 unspecified atom stereocenters. The van der Waals surface area contributed by atoms with Crippen molar-refractivity contribution in [3.05, 3.63) is 71.4 Å². The van der Waals surface area contributed by atoms with Gasteiger partial charge in [0, 0.05) is 11.7 Å². The van der Waals surface area contributed by atoms with Crippen molar-refractivity contribution in [3.8, 4) is 0 Å². The van der Waals surface area contributed by atoms with Crippen molar-refractivity contribution in [2.24, 2.45) is 0 Å². The summed E-state index contributed by atoms with van der Waals surface area (Å²) in [6.07, 6.45) is 0.449. The highest BCUT2D eigenvalue weighted by Gasteiger charge is 2.19. The molecule has 4 heteroatoms. The van der Waals surface area contributed by atoms with Gasteiger partial charge in [0.2, 0.25) is 0 Å². The summed E-state index contributed by atoms with van der Waals surface area (Å²) in [4.78, 5) is 3.02. The molecule has 1 heterocycles. The predicted molar refractivity (Wildman–Crippen MR) is 68.7 cm³/mol. The quantitative estimate of drug-likeness (QED) is 0.725. The normalized spacial score (nSPS) is 12.8. The third kappa shape index (κ3) is 2.00. The molecule has 2 N–H and O–H groups in total. The van der Waals surface area contributed by atoms with Gasteiger partial charge in [-0.15, -0.1) is 0 Å². The zero-order valence-electron chi connectivity index (χ0n) is 9.90. The van der Waals surface area contributed by atoms with E-state index in [-0.39, 0.29) is 5.56 Å². The topological polar surface area (TPSA) is 36.0 Å². The van der Waals surface area contributed by atoms with Crippen LogP contribution in [0.2, 0.25) is 0 Å². The fraction of sp³-hybridized carbons (Fsp3) is 0.0667. The van der Waals surface area contributed by atoms with Crippen molar-refractivity contribution in [1.82, 2.24) is 4.98 Å². The smallest absolute Gasteiger partial charge is 0.132 e. The molecule has 0 saturated carbocycles. The molecule has 0 fully saturated rings. The molecule has 1 aromatic heterocycles. The van der Waals surface area contributed by atoms with E-state index in [0.29, 0.717) is 5.56 Å². The number of aromatic nitrogens is 1. The van der Waals surface area contributed by atoms with Gasteiger partial charge in [-0.05, 0) is 41.3 Å². The number of fused-ring (bicyclic) bond motifs is 1. The average Bonchev–Trinajstić information content (AvgIpc) is 2.85. The molecule has 2 nitrogen and oxygen atoms in total. The fourth-order valence-electron chi connectivity index (χ4n) is 2.18. The first-order chi connectivity index (χ1) is 9.16. The van der Waals surface area contributed by atoms with Crippen LogP contribution in [0.15, 0.2) is 48.7 Å². The molecule has 1 atom stereocenters. The molecule has 2 aromatic carbocycles. The van der Waals surface area contributed by atoms with Gasteiger partial charge in [-0.1, -0.05) is 12.1 Å². The van der Waals surface area contributed by atoms with Crippen molar-refractivity contribution in [1.29, 1.82) is 0 Å². The summed E-state index contributed by atoms with van der Waals surface area (Å²) in [6.45, 7) is 0. The summed E-state index contributed by atoms with van der Waals surface area (Å²) < 4.78 is 27.3. The Hall–Kier alpha value is -2.20. The van der Waals surface area contributed by atoms with Gasteiger partial charge in [-0.25, -0.2) is 8.78 Å². The molecule has 0 amide bonds. The standard InChI is InChI=1S/C15H11F2NO/c16-11-2-1-3-12(17)14(11)15(19)10-4-5-13-9(8-10)6-7-18-13/h1-8,15,18-19H. The molecule has 0 aliphatic heterocycles. The molecule has 0 aliphatic rings. The molecule has 3 rings (SSSR count). The zero-order valence-corrected chi connectivity index (χ0v) is 9.90.